The zero-order valence-electron chi connectivity index (χ0n) is 10.7. The number of carbonyl (C=O) groups excluding carboxylic acids is 1. The summed E-state index contributed by atoms with van der Waals surface area (Å²) in [6.07, 6.45) is 0. The number of benzene rings is 1. The number of carbonyl (C=O) groups is 1. The van der Waals surface area contributed by atoms with Gasteiger partial charge in [0.25, 0.3) is 0 Å². The molecular weight excluding hydrogens is 230 g/mol. The second-order valence-corrected chi connectivity index (χ2v) is 3.94. The molecule has 5 nitrogen and oxygen atoms in total. The Balaban J connectivity index is 2.43. The van der Waals surface area contributed by atoms with E-state index in [-0.39, 0.29) is 5.69 Å². The van der Waals surface area contributed by atoms with E-state index in [1.54, 1.807) is 18.5 Å². The fraction of sp³-hybridized carbons (Fsp3) is 0.308. The van der Waals surface area contributed by atoms with Gasteiger partial charge < -0.3 is 4.74 Å². The minimum absolute atomic E-state index is 0.264. The molecule has 0 aliphatic carbocycles. The lowest BCUT2D eigenvalue weighted by Gasteiger charge is -2.06. The second-order valence-electron chi connectivity index (χ2n) is 3.94. The number of esters is 1. The first-order valence-electron chi connectivity index (χ1n) is 5.80. The zero-order chi connectivity index (χ0) is 13.1. The molecule has 1 aromatic carbocycles. The molecule has 0 saturated heterocycles. The van der Waals surface area contributed by atoms with Crippen LogP contribution in [0.25, 0.3) is 5.69 Å². The van der Waals surface area contributed by atoms with E-state index >= 15 is 0 Å². The smallest absolute Gasteiger partial charge is 0.360 e. The molecule has 0 unspecified atom stereocenters. The molecule has 5 heteroatoms. The average molecular weight is 245 g/mol. The number of para-hydroxylation sites is 1. The van der Waals surface area contributed by atoms with Crippen molar-refractivity contribution in [2.24, 2.45) is 0 Å². The summed E-state index contributed by atoms with van der Waals surface area (Å²) < 4.78 is 6.59. The number of aromatic nitrogens is 3. The summed E-state index contributed by atoms with van der Waals surface area (Å²) in [6, 6.07) is 7.80. The molecule has 1 aromatic heterocycles. The minimum atomic E-state index is -0.435. The summed E-state index contributed by atoms with van der Waals surface area (Å²) in [4.78, 5) is 11.7. The number of hydrogen-bond donors (Lipinski definition) is 0. The predicted molar refractivity (Wildman–Crippen MR) is 66.8 cm³/mol. The van der Waals surface area contributed by atoms with Gasteiger partial charge in [-0.15, -0.1) is 5.10 Å². The summed E-state index contributed by atoms with van der Waals surface area (Å²) in [5, 5.41) is 7.91. The summed E-state index contributed by atoms with van der Waals surface area (Å²) in [5.41, 5.74) is 2.93. The van der Waals surface area contributed by atoms with Crippen LogP contribution >= 0.6 is 0 Å². The number of ether oxygens (including phenoxy) is 1. The van der Waals surface area contributed by atoms with Crippen molar-refractivity contribution in [2.45, 2.75) is 20.8 Å². The Morgan fingerprint density at radius 1 is 1.33 bits per heavy atom. The van der Waals surface area contributed by atoms with Gasteiger partial charge in [-0.05, 0) is 32.4 Å². The number of hydrogen-bond acceptors (Lipinski definition) is 4. The Bertz CT molecular complexity index is 575. The average Bonchev–Trinajstić information content (AvgIpc) is 2.72. The van der Waals surface area contributed by atoms with Crippen molar-refractivity contribution in [3.8, 4) is 5.69 Å². The van der Waals surface area contributed by atoms with Gasteiger partial charge in [0.15, 0.2) is 5.69 Å². The van der Waals surface area contributed by atoms with E-state index < -0.39 is 5.97 Å². The first-order valence-corrected chi connectivity index (χ1v) is 5.80. The minimum Gasteiger partial charge on any atom is -0.461 e. The van der Waals surface area contributed by atoms with E-state index in [9.17, 15) is 4.79 Å². The Hall–Kier alpha value is -2.17. The number of rotatable bonds is 3. The molecule has 0 amide bonds. The Morgan fingerprint density at radius 3 is 2.72 bits per heavy atom. The number of aryl methyl sites for hydroxylation is 1. The van der Waals surface area contributed by atoms with Crippen LogP contribution in [0.1, 0.15) is 28.7 Å². The van der Waals surface area contributed by atoms with Gasteiger partial charge in [-0.3, -0.25) is 0 Å². The fourth-order valence-corrected chi connectivity index (χ4v) is 1.75. The highest BCUT2D eigenvalue weighted by Crippen LogP contribution is 2.16. The fourth-order valence-electron chi connectivity index (χ4n) is 1.75. The molecule has 18 heavy (non-hydrogen) atoms. The first kappa shape index (κ1) is 12.3. The Kier molecular flexibility index (Phi) is 3.41. The van der Waals surface area contributed by atoms with E-state index in [0.29, 0.717) is 12.3 Å². The molecule has 0 bridgehead atoms. The summed E-state index contributed by atoms with van der Waals surface area (Å²) >= 11 is 0. The van der Waals surface area contributed by atoms with Crippen molar-refractivity contribution in [1.82, 2.24) is 15.0 Å². The van der Waals surface area contributed by atoms with Gasteiger partial charge in [0, 0.05) is 0 Å². The molecule has 0 aliphatic heterocycles. The highest BCUT2D eigenvalue weighted by atomic mass is 16.5. The second kappa shape index (κ2) is 5.00. The van der Waals surface area contributed by atoms with Gasteiger partial charge in [-0.25, -0.2) is 9.48 Å². The maximum Gasteiger partial charge on any atom is 0.360 e. The van der Waals surface area contributed by atoms with Crippen LogP contribution in [0.5, 0.6) is 0 Å². The summed E-state index contributed by atoms with van der Waals surface area (Å²) in [5.74, 6) is -0.435. The van der Waals surface area contributed by atoms with E-state index in [1.165, 1.54) is 0 Å². The van der Waals surface area contributed by atoms with Gasteiger partial charge in [0.05, 0.1) is 18.0 Å². The largest absolute Gasteiger partial charge is 0.461 e. The van der Waals surface area contributed by atoms with Crippen LogP contribution in [0.2, 0.25) is 0 Å². The molecule has 0 fully saturated rings. The van der Waals surface area contributed by atoms with Crippen LogP contribution in [-0.4, -0.2) is 27.6 Å². The van der Waals surface area contributed by atoms with Gasteiger partial charge >= 0.3 is 5.97 Å². The van der Waals surface area contributed by atoms with Crippen molar-refractivity contribution in [1.29, 1.82) is 0 Å². The zero-order valence-corrected chi connectivity index (χ0v) is 10.7. The lowest BCUT2D eigenvalue weighted by molar-refractivity contribution is 0.0518. The summed E-state index contributed by atoms with van der Waals surface area (Å²) in [6.45, 7) is 5.88. The maximum absolute atomic E-state index is 11.7. The molecule has 0 saturated carbocycles. The van der Waals surface area contributed by atoms with Crippen LogP contribution in [0.3, 0.4) is 0 Å². The van der Waals surface area contributed by atoms with Crippen LogP contribution in [0.15, 0.2) is 24.3 Å². The molecule has 1 heterocycles. The van der Waals surface area contributed by atoms with Crippen molar-refractivity contribution >= 4 is 5.97 Å². The highest BCUT2D eigenvalue weighted by Gasteiger charge is 2.18. The lowest BCUT2D eigenvalue weighted by Crippen LogP contribution is -2.08. The van der Waals surface area contributed by atoms with E-state index in [4.69, 9.17) is 4.74 Å². The molecule has 0 radical (unpaired) electrons. The third kappa shape index (κ3) is 2.11. The van der Waals surface area contributed by atoms with Crippen molar-refractivity contribution < 1.29 is 9.53 Å². The predicted octanol–water partition coefficient (Wildman–Crippen LogP) is 2.06. The third-order valence-corrected chi connectivity index (χ3v) is 2.71. The van der Waals surface area contributed by atoms with Gasteiger partial charge in [0.2, 0.25) is 0 Å². The summed E-state index contributed by atoms with van der Waals surface area (Å²) in [7, 11) is 0. The maximum atomic E-state index is 11.7. The molecule has 94 valence electrons. The number of nitrogens with zero attached hydrogens (tertiary/aromatic N) is 3. The molecule has 2 aromatic rings. The molecule has 0 spiro atoms. The molecule has 0 atom stereocenters. The SMILES string of the molecule is CCOC(=O)c1nnn(-c2ccccc2C)c1C. The molecule has 0 N–H and O–H groups in total. The van der Waals surface area contributed by atoms with E-state index in [2.05, 4.69) is 10.3 Å². The first-order chi connectivity index (χ1) is 8.65. The van der Waals surface area contributed by atoms with Crippen molar-refractivity contribution in [3.05, 3.63) is 41.2 Å². The monoisotopic (exact) mass is 245 g/mol. The van der Waals surface area contributed by atoms with E-state index in [1.807, 2.05) is 31.2 Å². The van der Waals surface area contributed by atoms with Crippen LogP contribution in [-0.2, 0) is 4.74 Å². The van der Waals surface area contributed by atoms with Crippen LogP contribution in [0.4, 0.5) is 0 Å². The molecule has 0 aliphatic rings. The van der Waals surface area contributed by atoms with Gasteiger partial charge in [0.1, 0.15) is 0 Å². The Labute approximate surface area is 105 Å². The van der Waals surface area contributed by atoms with Crippen LogP contribution in [0, 0.1) is 13.8 Å². The quantitative estimate of drug-likeness (QED) is 0.777. The van der Waals surface area contributed by atoms with Gasteiger partial charge in [-0.2, -0.15) is 0 Å². The highest BCUT2D eigenvalue weighted by molar-refractivity contribution is 5.88. The Morgan fingerprint density at radius 2 is 2.06 bits per heavy atom. The normalized spacial score (nSPS) is 10.4. The standard InChI is InChI=1S/C13H15N3O2/c1-4-18-13(17)12-10(3)16(15-14-12)11-8-6-5-7-9(11)2/h5-8H,4H2,1-3H3. The van der Waals surface area contributed by atoms with Crippen molar-refractivity contribution in [2.75, 3.05) is 6.61 Å². The van der Waals surface area contributed by atoms with Crippen molar-refractivity contribution in [3.63, 3.8) is 0 Å². The molecular formula is C13H15N3O2. The van der Waals surface area contributed by atoms with Crippen LogP contribution < -0.4 is 0 Å². The topological polar surface area (TPSA) is 57.0 Å². The van der Waals surface area contributed by atoms with Gasteiger partial charge in [-0.1, -0.05) is 23.4 Å². The molecule has 2 rings (SSSR count). The third-order valence-electron chi connectivity index (χ3n) is 2.71. The lowest BCUT2D eigenvalue weighted by atomic mass is 10.2. The van der Waals surface area contributed by atoms with E-state index in [0.717, 1.165) is 11.3 Å².